The Morgan fingerprint density at radius 2 is 1.81 bits per heavy atom. The Balaban J connectivity index is 1.48. The molecule has 138 valence electrons. The Labute approximate surface area is 156 Å². The summed E-state index contributed by atoms with van der Waals surface area (Å²) in [7, 11) is 0. The zero-order chi connectivity index (χ0) is 18.2. The third kappa shape index (κ3) is 5.88. The van der Waals surface area contributed by atoms with E-state index >= 15 is 0 Å². The third-order valence-electron chi connectivity index (χ3n) is 4.70. The van der Waals surface area contributed by atoms with E-state index in [2.05, 4.69) is 28.4 Å². The molecule has 1 fully saturated rings. The van der Waals surface area contributed by atoms with Gasteiger partial charge in [-0.15, -0.1) is 0 Å². The Kier molecular flexibility index (Phi) is 6.67. The molecule has 0 bridgehead atoms. The molecule has 1 heterocycles. The lowest BCUT2D eigenvalue weighted by atomic mass is 10.0. The molecule has 0 aromatic heterocycles. The summed E-state index contributed by atoms with van der Waals surface area (Å²) in [5, 5.41) is 2.83. The van der Waals surface area contributed by atoms with E-state index in [1.54, 1.807) is 0 Å². The highest BCUT2D eigenvalue weighted by atomic mass is 16.5. The van der Waals surface area contributed by atoms with Crippen molar-refractivity contribution in [3.05, 3.63) is 59.7 Å². The minimum Gasteiger partial charge on any atom is -0.492 e. The van der Waals surface area contributed by atoms with Gasteiger partial charge in [0, 0.05) is 19.2 Å². The van der Waals surface area contributed by atoms with Crippen molar-refractivity contribution >= 4 is 11.6 Å². The molecule has 0 saturated carbocycles. The molecule has 1 saturated heterocycles. The number of piperidine rings is 1. The molecule has 0 spiro atoms. The smallest absolute Gasteiger partial charge is 0.221 e. The van der Waals surface area contributed by atoms with Gasteiger partial charge in [0.05, 0.1) is 0 Å². The van der Waals surface area contributed by atoms with E-state index in [0.717, 1.165) is 31.0 Å². The summed E-state index contributed by atoms with van der Waals surface area (Å²) in [6.07, 6.45) is 4.84. The van der Waals surface area contributed by atoms with Crippen molar-refractivity contribution in [2.24, 2.45) is 0 Å². The predicted octanol–water partition coefficient (Wildman–Crippen LogP) is 4.10. The summed E-state index contributed by atoms with van der Waals surface area (Å²) in [6, 6.07) is 16.3. The van der Waals surface area contributed by atoms with Crippen LogP contribution in [0.4, 0.5) is 5.69 Å². The lowest BCUT2D eigenvalue weighted by Gasteiger charge is -2.26. The van der Waals surface area contributed by atoms with Crippen LogP contribution in [-0.2, 0) is 11.2 Å². The van der Waals surface area contributed by atoms with Crippen LogP contribution in [0.1, 0.15) is 37.3 Å². The Hall–Kier alpha value is -2.33. The van der Waals surface area contributed by atoms with Gasteiger partial charge in [0.25, 0.3) is 0 Å². The molecule has 1 aliphatic rings. The largest absolute Gasteiger partial charge is 0.492 e. The Bertz CT molecular complexity index is 706. The summed E-state index contributed by atoms with van der Waals surface area (Å²) >= 11 is 0. The zero-order valence-corrected chi connectivity index (χ0v) is 15.5. The van der Waals surface area contributed by atoms with Crippen molar-refractivity contribution in [2.45, 2.75) is 32.6 Å². The monoisotopic (exact) mass is 352 g/mol. The first kappa shape index (κ1) is 18.5. The molecule has 26 heavy (non-hydrogen) atoms. The van der Waals surface area contributed by atoms with Gasteiger partial charge in [0.2, 0.25) is 5.91 Å². The topological polar surface area (TPSA) is 41.6 Å². The van der Waals surface area contributed by atoms with E-state index in [0.29, 0.717) is 0 Å². The molecule has 1 N–H and O–H groups in total. The normalized spacial score (nSPS) is 14.8. The maximum Gasteiger partial charge on any atom is 0.221 e. The summed E-state index contributed by atoms with van der Waals surface area (Å²) in [5.41, 5.74) is 3.25. The third-order valence-corrected chi connectivity index (χ3v) is 4.70. The molecular weight excluding hydrogens is 324 g/mol. The van der Waals surface area contributed by atoms with Crippen molar-refractivity contribution in [2.75, 3.05) is 31.6 Å². The highest BCUT2D eigenvalue weighted by Gasteiger charge is 2.09. The predicted molar refractivity (Wildman–Crippen MR) is 106 cm³/mol. The van der Waals surface area contributed by atoms with Gasteiger partial charge < -0.3 is 10.1 Å². The summed E-state index contributed by atoms with van der Waals surface area (Å²) in [6.45, 7) is 5.70. The van der Waals surface area contributed by atoms with E-state index in [4.69, 9.17) is 4.74 Å². The van der Waals surface area contributed by atoms with Crippen LogP contribution in [0.25, 0.3) is 0 Å². The van der Waals surface area contributed by atoms with Gasteiger partial charge >= 0.3 is 0 Å². The number of anilines is 1. The first-order valence-electron chi connectivity index (χ1n) is 9.50. The van der Waals surface area contributed by atoms with Gasteiger partial charge in [-0.25, -0.2) is 0 Å². The van der Waals surface area contributed by atoms with Crippen LogP contribution >= 0.6 is 0 Å². The number of hydrogen-bond donors (Lipinski definition) is 1. The number of nitrogens with zero attached hydrogens (tertiary/aromatic N) is 1. The van der Waals surface area contributed by atoms with Crippen LogP contribution < -0.4 is 10.1 Å². The number of amides is 1. The van der Waals surface area contributed by atoms with Crippen molar-refractivity contribution in [3.8, 4) is 5.75 Å². The van der Waals surface area contributed by atoms with Gasteiger partial charge in [0.1, 0.15) is 12.4 Å². The summed E-state index contributed by atoms with van der Waals surface area (Å²) in [4.78, 5) is 13.7. The van der Waals surface area contributed by atoms with Crippen LogP contribution in [0.15, 0.2) is 48.5 Å². The Morgan fingerprint density at radius 3 is 2.54 bits per heavy atom. The molecule has 4 nitrogen and oxygen atoms in total. The van der Waals surface area contributed by atoms with Crippen molar-refractivity contribution in [3.63, 3.8) is 0 Å². The summed E-state index contributed by atoms with van der Waals surface area (Å²) in [5.74, 6) is 0.881. The number of benzene rings is 2. The molecule has 0 unspecified atom stereocenters. The number of carbonyl (C=O) groups excluding carboxylic acids is 1. The highest BCUT2D eigenvalue weighted by Crippen LogP contribution is 2.18. The molecule has 3 rings (SSSR count). The highest BCUT2D eigenvalue weighted by molar-refractivity contribution is 5.88. The van der Waals surface area contributed by atoms with Gasteiger partial charge in [-0.2, -0.15) is 0 Å². The zero-order valence-electron chi connectivity index (χ0n) is 15.5. The molecular formula is C22H28N2O2. The number of likely N-dealkylation sites (tertiary alicyclic amines) is 1. The first-order chi connectivity index (χ1) is 12.7. The molecule has 0 atom stereocenters. The minimum atomic E-state index is -0.0480. The van der Waals surface area contributed by atoms with Gasteiger partial charge in [-0.1, -0.05) is 30.7 Å². The van der Waals surface area contributed by atoms with E-state index in [9.17, 15) is 4.79 Å². The number of rotatable bonds is 7. The molecule has 1 amide bonds. The average Bonchev–Trinajstić information content (AvgIpc) is 2.64. The number of carbonyl (C=O) groups is 1. The van der Waals surface area contributed by atoms with E-state index in [1.807, 2.05) is 30.3 Å². The molecule has 0 radical (unpaired) electrons. The molecule has 4 heteroatoms. The summed E-state index contributed by atoms with van der Waals surface area (Å²) < 4.78 is 5.89. The van der Waals surface area contributed by atoms with E-state index in [1.165, 1.54) is 50.4 Å². The molecule has 0 aliphatic carbocycles. The van der Waals surface area contributed by atoms with Gasteiger partial charge in [0.15, 0.2) is 0 Å². The minimum absolute atomic E-state index is 0.0480. The van der Waals surface area contributed by atoms with Crippen LogP contribution in [-0.4, -0.2) is 37.0 Å². The second-order valence-corrected chi connectivity index (χ2v) is 6.95. The molecule has 2 aromatic carbocycles. The van der Waals surface area contributed by atoms with Crippen molar-refractivity contribution < 1.29 is 9.53 Å². The fourth-order valence-electron chi connectivity index (χ4n) is 3.38. The quantitative estimate of drug-likeness (QED) is 0.816. The molecule has 1 aliphatic heterocycles. The first-order valence-corrected chi connectivity index (χ1v) is 9.50. The fraction of sp³-hybridized carbons (Fsp3) is 0.409. The molecule has 2 aromatic rings. The maximum atomic E-state index is 11.2. The van der Waals surface area contributed by atoms with E-state index in [-0.39, 0.29) is 5.91 Å². The van der Waals surface area contributed by atoms with Crippen LogP contribution in [0.5, 0.6) is 5.75 Å². The number of ether oxygens (including phenoxy) is 1. The van der Waals surface area contributed by atoms with Gasteiger partial charge in [-0.05, 0) is 67.7 Å². The fourth-order valence-corrected chi connectivity index (χ4v) is 3.38. The van der Waals surface area contributed by atoms with Crippen LogP contribution in [0, 0.1) is 0 Å². The average molecular weight is 352 g/mol. The van der Waals surface area contributed by atoms with Crippen molar-refractivity contribution in [1.29, 1.82) is 0 Å². The van der Waals surface area contributed by atoms with Crippen molar-refractivity contribution in [1.82, 2.24) is 4.90 Å². The van der Waals surface area contributed by atoms with E-state index < -0.39 is 0 Å². The van der Waals surface area contributed by atoms with Gasteiger partial charge in [-0.3, -0.25) is 9.69 Å². The number of nitrogens with one attached hydrogen (secondary N) is 1. The lowest BCUT2D eigenvalue weighted by Crippen LogP contribution is -2.33. The lowest BCUT2D eigenvalue weighted by molar-refractivity contribution is -0.114. The Morgan fingerprint density at radius 1 is 1.04 bits per heavy atom. The van der Waals surface area contributed by atoms with Crippen LogP contribution in [0.2, 0.25) is 0 Å². The van der Waals surface area contributed by atoms with Crippen LogP contribution in [0.3, 0.4) is 0 Å². The standard InChI is InChI=1S/C22H28N2O2/c1-18(25)23-21-7-5-6-20(17-21)16-19-8-10-22(11-9-19)26-15-14-24-12-3-2-4-13-24/h5-11,17H,2-4,12-16H2,1H3,(H,23,25). The second kappa shape index (κ2) is 9.39. The maximum absolute atomic E-state index is 11.2. The second-order valence-electron chi connectivity index (χ2n) is 6.95. The number of hydrogen-bond acceptors (Lipinski definition) is 3. The SMILES string of the molecule is CC(=O)Nc1cccc(Cc2ccc(OCCN3CCCCC3)cc2)c1.